The van der Waals surface area contributed by atoms with Gasteiger partial charge in [-0.15, -0.1) is 11.3 Å². The summed E-state index contributed by atoms with van der Waals surface area (Å²) in [6, 6.07) is 20.1. The molecule has 124 valence electrons. The van der Waals surface area contributed by atoms with Gasteiger partial charge in [0.15, 0.2) is 0 Å². The number of thiophene rings is 1. The lowest BCUT2D eigenvalue weighted by atomic mass is 10.1. The highest BCUT2D eigenvalue weighted by Gasteiger charge is 2.25. The number of amides is 1. The quantitative estimate of drug-likeness (QED) is 0.648. The SMILES string of the molecule is Cc1ccccc1CN1C(=O)CC(c2cccs2)=Nc2ccccc21. The molecule has 3 aromatic rings. The maximum absolute atomic E-state index is 13.0. The highest BCUT2D eigenvalue weighted by Crippen LogP contribution is 2.34. The molecule has 0 spiro atoms. The topological polar surface area (TPSA) is 32.7 Å². The minimum atomic E-state index is 0.0837. The van der Waals surface area contributed by atoms with E-state index in [0.717, 1.165) is 27.5 Å². The van der Waals surface area contributed by atoms with Crippen LogP contribution in [0.2, 0.25) is 0 Å². The van der Waals surface area contributed by atoms with Gasteiger partial charge in [-0.2, -0.15) is 0 Å². The van der Waals surface area contributed by atoms with Crippen LogP contribution in [0.1, 0.15) is 22.4 Å². The van der Waals surface area contributed by atoms with E-state index < -0.39 is 0 Å². The second kappa shape index (κ2) is 6.65. The van der Waals surface area contributed by atoms with E-state index in [2.05, 4.69) is 19.1 Å². The molecular weight excluding hydrogens is 328 g/mol. The van der Waals surface area contributed by atoms with E-state index in [9.17, 15) is 4.79 Å². The average Bonchev–Trinajstić information content (AvgIpc) is 3.11. The van der Waals surface area contributed by atoms with E-state index in [1.165, 1.54) is 5.56 Å². The van der Waals surface area contributed by atoms with E-state index >= 15 is 0 Å². The first-order chi connectivity index (χ1) is 12.2. The fraction of sp³-hybridized carbons (Fsp3) is 0.143. The maximum Gasteiger partial charge on any atom is 0.233 e. The average molecular weight is 346 g/mol. The number of fused-ring (bicyclic) bond motifs is 1. The summed E-state index contributed by atoms with van der Waals surface area (Å²) in [5.41, 5.74) is 4.93. The van der Waals surface area contributed by atoms with Gasteiger partial charge in [0.2, 0.25) is 5.91 Å². The molecule has 1 amide bonds. The Morgan fingerprint density at radius 2 is 1.84 bits per heavy atom. The number of aliphatic imine (C=N–C) groups is 1. The van der Waals surface area contributed by atoms with Crippen molar-refractivity contribution in [2.45, 2.75) is 19.9 Å². The fourth-order valence-electron chi connectivity index (χ4n) is 3.06. The Kier molecular flexibility index (Phi) is 4.20. The molecule has 2 aromatic carbocycles. The minimum Gasteiger partial charge on any atom is -0.306 e. The molecule has 0 bridgehead atoms. The van der Waals surface area contributed by atoms with Gasteiger partial charge in [0, 0.05) is 4.88 Å². The molecule has 0 saturated carbocycles. The highest BCUT2D eigenvalue weighted by molar-refractivity contribution is 7.12. The van der Waals surface area contributed by atoms with Gasteiger partial charge in [-0.3, -0.25) is 4.79 Å². The van der Waals surface area contributed by atoms with Crippen LogP contribution in [0.3, 0.4) is 0 Å². The Morgan fingerprint density at radius 1 is 1.04 bits per heavy atom. The lowest BCUT2D eigenvalue weighted by Gasteiger charge is -2.23. The lowest BCUT2D eigenvalue weighted by Crippen LogP contribution is -2.31. The summed E-state index contributed by atoms with van der Waals surface area (Å²) >= 11 is 1.62. The van der Waals surface area contributed by atoms with E-state index in [4.69, 9.17) is 4.99 Å². The number of rotatable bonds is 3. The molecule has 1 aromatic heterocycles. The number of benzene rings is 2. The molecule has 0 fully saturated rings. The molecule has 0 N–H and O–H groups in total. The first-order valence-electron chi connectivity index (χ1n) is 8.28. The Bertz CT molecular complexity index is 944. The second-order valence-corrected chi connectivity index (χ2v) is 7.06. The Hall–Kier alpha value is -2.72. The van der Waals surface area contributed by atoms with Crippen molar-refractivity contribution in [2.24, 2.45) is 4.99 Å². The summed E-state index contributed by atoms with van der Waals surface area (Å²) in [6.07, 6.45) is 0.321. The summed E-state index contributed by atoms with van der Waals surface area (Å²) < 4.78 is 0. The third-order valence-corrected chi connectivity index (χ3v) is 5.36. The highest BCUT2D eigenvalue weighted by atomic mass is 32.1. The zero-order valence-corrected chi connectivity index (χ0v) is 14.8. The van der Waals surface area contributed by atoms with Crippen LogP contribution in [0.5, 0.6) is 0 Å². The number of nitrogens with zero attached hydrogens (tertiary/aromatic N) is 2. The summed E-state index contributed by atoms with van der Waals surface area (Å²) in [4.78, 5) is 20.8. The molecule has 0 saturated heterocycles. The minimum absolute atomic E-state index is 0.0837. The molecule has 1 aliphatic heterocycles. The van der Waals surface area contributed by atoms with Crippen LogP contribution >= 0.6 is 11.3 Å². The van der Waals surface area contributed by atoms with Crippen LogP contribution in [0.4, 0.5) is 11.4 Å². The molecule has 0 aliphatic carbocycles. The van der Waals surface area contributed by atoms with E-state index in [1.54, 1.807) is 11.3 Å². The zero-order chi connectivity index (χ0) is 17.2. The number of aryl methyl sites for hydroxylation is 1. The maximum atomic E-state index is 13.0. The fourth-order valence-corrected chi connectivity index (χ4v) is 3.78. The molecule has 2 heterocycles. The standard InChI is InChI=1S/C21H18N2OS/c1-15-7-2-3-8-16(15)14-23-19-10-5-4-9-17(19)22-18(13-21(23)24)20-11-6-12-25-20/h2-12H,13-14H2,1H3. The zero-order valence-electron chi connectivity index (χ0n) is 14.0. The normalized spacial score (nSPS) is 14.0. The lowest BCUT2D eigenvalue weighted by molar-refractivity contribution is -0.117. The van der Waals surface area contributed by atoms with Crippen molar-refractivity contribution in [1.29, 1.82) is 0 Å². The number of carbonyl (C=O) groups excluding carboxylic acids is 1. The van der Waals surface area contributed by atoms with E-state index in [0.29, 0.717) is 13.0 Å². The molecular formula is C21H18N2OS. The van der Waals surface area contributed by atoms with Gasteiger partial charge in [0.1, 0.15) is 0 Å². The molecule has 3 nitrogen and oxygen atoms in total. The molecule has 4 heteroatoms. The van der Waals surface area contributed by atoms with Crippen molar-refractivity contribution in [1.82, 2.24) is 0 Å². The molecule has 25 heavy (non-hydrogen) atoms. The Balaban J connectivity index is 1.76. The predicted molar refractivity (Wildman–Crippen MR) is 104 cm³/mol. The number of anilines is 1. The third-order valence-electron chi connectivity index (χ3n) is 4.44. The van der Waals surface area contributed by atoms with Crippen LogP contribution in [-0.2, 0) is 11.3 Å². The first kappa shape index (κ1) is 15.8. The number of para-hydroxylation sites is 2. The summed E-state index contributed by atoms with van der Waals surface area (Å²) in [6.45, 7) is 2.65. The van der Waals surface area contributed by atoms with Crippen LogP contribution in [0.25, 0.3) is 0 Å². The molecule has 0 unspecified atom stereocenters. The van der Waals surface area contributed by atoms with Crippen molar-refractivity contribution in [2.75, 3.05) is 4.90 Å². The van der Waals surface area contributed by atoms with Crippen LogP contribution < -0.4 is 4.90 Å². The largest absolute Gasteiger partial charge is 0.306 e. The number of hydrogen-bond acceptors (Lipinski definition) is 3. The van der Waals surface area contributed by atoms with E-state index in [-0.39, 0.29) is 5.91 Å². The predicted octanol–water partition coefficient (Wildman–Crippen LogP) is 5.11. The van der Waals surface area contributed by atoms with Gasteiger partial charge in [0.25, 0.3) is 0 Å². The van der Waals surface area contributed by atoms with Crippen molar-refractivity contribution < 1.29 is 4.79 Å². The van der Waals surface area contributed by atoms with Crippen LogP contribution in [0, 0.1) is 6.92 Å². The first-order valence-corrected chi connectivity index (χ1v) is 9.15. The second-order valence-electron chi connectivity index (χ2n) is 6.11. The van der Waals surface area contributed by atoms with Crippen LogP contribution in [-0.4, -0.2) is 11.6 Å². The third kappa shape index (κ3) is 3.13. The van der Waals surface area contributed by atoms with Gasteiger partial charge in [-0.05, 0) is 41.6 Å². The van der Waals surface area contributed by atoms with E-state index in [1.807, 2.05) is 58.8 Å². The summed E-state index contributed by atoms with van der Waals surface area (Å²) in [5.74, 6) is 0.0837. The molecule has 0 radical (unpaired) electrons. The Labute approximate surface area is 151 Å². The molecule has 1 aliphatic rings. The summed E-state index contributed by atoms with van der Waals surface area (Å²) in [5, 5.41) is 2.02. The molecule has 4 rings (SSSR count). The van der Waals surface area contributed by atoms with Crippen molar-refractivity contribution in [3.63, 3.8) is 0 Å². The van der Waals surface area contributed by atoms with Gasteiger partial charge in [0.05, 0.1) is 30.1 Å². The van der Waals surface area contributed by atoms with Crippen LogP contribution in [0.15, 0.2) is 71.0 Å². The van der Waals surface area contributed by atoms with Crippen molar-refractivity contribution in [3.8, 4) is 0 Å². The van der Waals surface area contributed by atoms with Crippen molar-refractivity contribution >= 4 is 34.3 Å². The number of hydrogen-bond donors (Lipinski definition) is 0. The monoisotopic (exact) mass is 346 g/mol. The van der Waals surface area contributed by atoms with Gasteiger partial charge in [-0.1, -0.05) is 42.5 Å². The van der Waals surface area contributed by atoms with Gasteiger partial charge < -0.3 is 4.90 Å². The molecule has 0 atom stereocenters. The van der Waals surface area contributed by atoms with Gasteiger partial charge in [-0.25, -0.2) is 4.99 Å². The van der Waals surface area contributed by atoms with Crippen molar-refractivity contribution in [3.05, 3.63) is 82.0 Å². The smallest absolute Gasteiger partial charge is 0.233 e. The number of carbonyl (C=O) groups is 1. The van der Waals surface area contributed by atoms with Gasteiger partial charge >= 0.3 is 0 Å². The summed E-state index contributed by atoms with van der Waals surface area (Å²) in [7, 11) is 0. The Morgan fingerprint density at radius 3 is 2.64 bits per heavy atom.